The first-order chi connectivity index (χ1) is 9.97. The van der Waals surface area contributed by atoms with E-state index >= 15 is 0 Å². The van der Waals surface area contributed by atoms with Gasteiger partial charge in [0.05, 0.1) is 21.2 Å². The first-order valence-corrected chi connectivity index (χ1v) is 5.61. The number of hydrogen-bond donors (Lipinski definition) is 1. The molecule has 0 fully saturated rings. The van der Waals surface area contributed by atoms with Crippen LogP contribution >= 0.6 is 0 Å². The number of aromatic hydroxyl groups is 1. The number of nitro groups is 2. The molecule has 1 N–H and O–H groups in total. The second-order valence-electron chi connectivity index (χ2n) is 3.90. The van der Waals surface area contributed by atoms with Crippen molar-refractivity contribution in [2.45, 2.75) is 0 Å². The molecule has 0 aliphatic rings. The Morgan fingerprint density at radius 2 is 1.43 bits per heavy atom. The number of phenols is 1. The molecular formula is C12H8N4O5. The molecule has 0 saturated heterocycles. The van der Waals surface area contributed by atoms with E-state index in [0.717, 1.165) is 12.1 Å². The second kappa shape index (κ2) is 5.74. The van der Waals surface area contributed by atoms with Gasteiger partial charge < -0.3 is 5.11 Å². The summed E-state index contributed by atoms with van der Waals surface area (Å²) in [4.78, 5) is 19.9. The summed E-state index contributed by atoms with van der Waals surface area (Å²) in [6.45, 7) is 0. The van der Waals surface area contributed by atoms with Gasteiger partial charge in [-0.1, -0.05) is 0 Å². The van der Waals surface area contributed by atoms with Crippen molar-refractivity contribution in [1.82, 2.24) is 0 Å². The van der Waals surface area contributed by atoms with Crippen LogP contribution in [-0.4, -0.2) is 15.0 Å². The van der Waals surface area contributed by atoms with Crippen LogP contribution in [0.4, 0.5) is 22.7 Å². The van der Waals surface area contributed by atoms with Crippen LogP contribution in [0.25, 0.3) is 0 Å². The van der Waals surface area contributed by atoms with E-state index in [9.17, 15) is 25.3 Å². The van der Waals surface area contributed by atoms with Crippen LogP contribution in [0.1, 0.15) is 0 Å². The monoisotopic (exact) mass is 288 g/mol. The van der Waals surface area contributed by atoms with Gasteiger partial charge in [-0.2, -0.15) is 10.2 Å². The molecule has 0 aromatic heterocycles. The van der Waals surface area contributed by atoms with Crippen molar-refractivity contribution in [3.05, 3.63) is 62.7 Å². The molecule has 9 nitrogen and oxygen atoms in total. The van der Waals surface area contributed by atoms with Crippen LogP contribution < -0.4 is 0 Å². The number of nitrogens with zero attached hydrogens (tertiary/aromatic N) is 4. The van der Waals surface area contributed by atoms with Crippen molar-refractivity contribution < 1.29 is 15.0 Å². The third-order valence-electron chi connectivity index (χ3n) is 2.50. The Morgan fingerprint density at radius 1 is 0.857 bits per heavy atom. The topological polar surface area (TPSA) is 131 Å². The fraction of sp³-hybridized carbons (Fsp3) is 0. The summed E-state index contributed by atoms with van der Waals surface area (Å²) < 4.78 is 0. The maximum Gasteiger partial charge on any atom is 0.312 e. The Balaban J connectivity index is 2.23. The molecule has 106 valence electrons. The van der Waals surface area contributed by atoms with E-state index in [1.165, 1.54) is 30.3 Å². The first kappa shape index (κ1) is 14.1. The quantitative estimate of drug-likeness (QED) is 0.521. The van der Waals surface area contributed by atoms with Crippen molar-refractivity contribution in [2.75, 3.05) is 0 Å². The maximum atomic E-state index is 10.7. The summed E-state index contributed by atoms with van der Waals surface area (Å²) in [6, 6.07) is 8.91. The van der Waals surface area contributed by atoms with E-state index in [1.807, 2.05) is 0 Å². The Labute approximate surface area is 117 Å². The summed E-state index contributed by atoms with van der Waals surface area (Å²) in [6.07, 6.45) is 0. The van der Waals surface area contributed by atoms with Crippen molar-refractivity contribution in [2.24, 2.45) is 10.2 Å². The minimum absolute atomic E-state index is 0.0748. The molecular weight excluding hydrogens is 280 g/mol. The van der Waals surface area contributed by atoms with Gasteiger partial charge in [0.1, 0.15) is 0 Å². The van der Waals surface area contributed by atoms with E-state index in [4.69, 9.17) is 0 Å². The molecule has 2 aromatic rings. The third-order valence-corrected chi connectivity index (χ3v) is 2.50. The smallest absolute Gasteiger partial charge is 0.312 e. The van der Waals surface area contributed by atoms with Gasteiger partial charge in [0.15, 0.2) is 5.75 Å². The average Bonchev–Trinajstić information content (AvgIpc) is 2.46. The number of benzene rings is 2. The fourth-order valence-electron chi connectivity index (χ4n) is 1.48. The highest BCUT2D eigenvalue weighted by atomic mass is 16.6. The van der Waals surface area contributed by atoms with Gasteiger partial charge in [-0.15, -0.1) is 0 Å². The SMILES string of the molecule is O=[N+]([O-])c1ccc(N=Nc2ccc(O)c([N+](=O)[O-])c2)cc1. The standard InChI is InChI=1S/C12H8N4O5/c17-12-6-3-9(7-11(12)16(20)21)14-13-8-1-4-10(5-2-8)15(18)19/h1-7,17H. The first-order valence-electron chi connectivity index (χ1n) is 5.61. The molecule has 9 heteroatoms. The number of azo groups is 1. The normalized spacial score (nSPS) is 10.7. The lowest BCUT2D eigenvalue weighted by Crippen LogP contribution is -1.87. The third kappa shape index (κ3) is 3.35. The van der Waals surface area contributed by atoms with Crippen LogP contribution in [-0.2, 0) is 0 Å². The van der Waals surface area contributed by atoms with Crippen molar-refractivity contribution in [3.8, 4) is 5.75 Å². The molecule has 0 bridgehead atoms. The largest absolute Gasteiger partial charge is 0.502 e. The number of non-ortho nitro benzene ring substituents is 1. The van der Waals surface area contributed by atoms with E-state index in [2.05, 4.69) is 10.2 Å². The zero-order valence-electron chi connectivity index (χ0n) is 10.4. The Bertz CT molecular complexity index is 727. The minimum atomic E-state index is -0.736. The zero-order chi connectivity index (χ0) is 15.4. The average molecular weight is 288 g/mol. The predicted octanol–water partition coefficient (Wildman–Crippen LogP) is 3.62. The maximum absolute atomic E-state index is 10.7. The van der Waals surface area contributed by atoms with E-state index in [0.29, 0.717) is 5.69 Å². The number of rotatable bonds is 4. The van der Waals surface area contributed by atoms with Gasteiger partial charge in [0.2, 0.25) is 0 Å². The van der Waals surface area contributed by atoms with Crippen LogP contribution in [0.2, 0.25) is 0 Å². The molecule has 0 heterocycles. The molecule has 0 aliphatic carbocycles. The van der Waals surface area contributed by atoms with E-state index < -0.39 is 21.3 Å². The summed E-state index contributed by atoms with van der Waals surface area (Å²) >= 11 is 0. The molecule has 0 spiro atoms. The van der Waals surface area contributed by atoms with Gasteiger partial charge in [-0.3, -0.25) is 20.2 Å². The van der Waals surface area contributed by atoms with Gasteiger partial charge >= 0.3 is 5.69 Å². The lowest BCUT2D eigenvalue weighted by Gasteiger charge is -1.97. The number of nitro benzene ring substituents is 2. The molecule has 2 aromatic carbocycles. The fourth-order valence-corrected chi connectivity index (χ4v) is 1.48. The Hall–Kier alpha value is -3.36. The second-order valence-corrected chi connectivity index (χ2v) is 3.90. The molecule has 0 atom stereocenters. The highest BCUT2D eigenvalue weighted by molar-refractivity contribution is 5.55. The zero-order valence-corrected chi connectivity index (χ0v) is 10.4. The molecule has 0 amide bonds. The molecule has 21 heavy (non-hydrogen) atoms. The van der Waals surface area contributed by atoms with E-state index in [1.54, 1.807) is 0 Å². The number of phenolic OH excluding ortho intramolecular Hbond substituents is 1. The van der Waals surface area contributed by atoms with Gasteiger partial charge in [-0.25, -0.2) is 0 Å². The summed E-state index contributed by atoms with van der Waals surface area (Å²) in [7, 11) is 0. The molecule has 0 aliphatic heterocycles. The van der Waals surface area contributed by atoms with Crippen LogP contribution in [0.15, 0.2) is 52.7 Å². The van der Waals surface area contributed by atoms with E-state index in [-0.39, 0.29) is 11.4 Å². The minimum Gasteiger partial charge on any atom is -0.502 e. The Morgan fingerprint density at radius 3 is 2.00 bits per heavy atom. The lowest BCUT2D eigenvalue weighted by molar-refractivity contribution is -0.385. The molecule has 0 saturated carbocycles. The molecule has 2 rings (SSSR count). The molecule has 0 radical (unpaired) electrons. The summed E-state index contributed by atoms with van der Waals surface area (Å²) in [5.41, 5.74) is -0.0152. The van der Waals surface area contributed by atoms with Crippen molar-refractivity contribution in [3.63, 3.8) is 0 Å². The Kier molecular flexibility index (Phi) is 3.84. The summed E-state index contributed by atoms with van der Waals surface area (Å²) in [5.74, 6) is -0.464. The lowest BCUT2D eigenvalue weighted by atomic mass is 10.2. The number of hydrogen-bond acceptors (Lipinski definition) is 7. The van der Waals surface area contributed by atoms with Crippen LogP contribution in [0, 0.1) is 20.2 Å². The van der Waals surface area contributed by atoms with Crippen molar-refractivity contribution >= 4 is 22.7 Å². The van der Waals surface area contributed by atoms with Gasteiger partial charge in [0.25, 0.3) is 5.69 Å². The summed E-state index contributed by atoms with van der Waals surface area (Å²) in [5, 5.41) is 38.0. The predicted molar refractivity (Wildman–Crippen MR) is 72.0 cm³/mol. The highest BCUT2D eigenvalue weighted by Crippen LogP contribution is 2.30. The van der Waals surface area contributed by atoms with Crippen molar-refractivity contribution in [1.29, 1.82) is 0 Å². The highest BCUT2D eigenvalue weighted by Gasteiger charge is 2.13. The van der Waals surface area contributed by atoms with Crippen LogP contribution in [0.5, 0.6) is 5.75 Å². The van der Waals surface area contributed by atoms with Crippen LogP contribution in [0.3, 0.4) is 0 Å². The molecule has 0 unspecified atom stereocenters. The van der Waals surface area contributed by atoms with Gasteiger partial charge in [-0.05, 0) is 24.3 Å². The van der Waals surface area contributed by atoms with Gasteiger partial charge in [0, 0.05) is 18.2 Å².